The quantitative estimate of drug-likeness (QED) is 0.582. The van der Waals surface area contributed by atoms with E-state index in [9.17, 15) is 5.11 Å². The van der Waals surface area contributed by atoms with Gasteiger partial charge in [-0.3, -0.25) is 0 Å². The molecular formula is C9H16O. The first-order chi connectivity index (χ1) is 4.54. The minimum Gasteiger partial charge on any atom is -0.389 e. The van der Waals surface area contributed by atoms with Gasteiger partial charge in [0, 0.05) is 0 Å². The zero-order valence-corrected chi connectivity index (χ0v) is 6.85. The van der Waals surface area contributed by atoms with Crippen molar-refractivity contribution in [3.05, 3.63) is 12.2 Å². The number of hydrogen-bond donors (Lipinski definition) is 1. The molecule has 1 N–H and O–H groups in total. The molecular weight excluding hydrogens is 124 g/mol. The van der Waals surface area contributed by atoms with Gasteiger partial charge in [-0.15, -0.1) is 6.58 Å². The number of aliphatic hydroxyl groups is 1. The summed E-state index contributed by atoms with van der Waals surface area (Å²) in [6, 6.07) is 0. The molecule has 1 nitrogen and oxygen atoms in total. The molecule has 1 rings (SSSR count). The summed E-state index contributed by atoms with van der Waals surface area (Å²) in [5.74, 6) is 0.476. The molecule has 1 saturated carbocycles. The van der Waals surface area contributed by atoms with Crippen LogP contribution in [0.25, 0.3) is 0 Å². The van der Waals surface area contributed by atoms with Crippen molar-refractivity contribution in [1.29, 1.82) is 0 Å². The standard InChI is InChI=1S/C9H16O/c1-7(2)6-9(10)5-4-8(9)3/h8,10H,1,4-6H2,2-3H3. The smallest absolute Gasteiger partial charge is 0.0710 e. The van der Waals surface area contributed by atoms with Gasteiger partial charge in [-0.1, -0.05) is 12.5 Å². The molecule has 0 spiro atoms. The van der Waals surface area contributed by atoms with E-state index < -0.39 is 5.60 Å². The molecule has 0 bridgehead atoms. The summed E-state index contributed by atoms with van der Waals surface area (Å²) >= 11 is 0. The first-order valence-corrected chi connectivity index (χ1v) is 3.91. The molecule has 1 aliphatic carbocycles. The van der Waals surface area contributed by atoms with Crippen LogP contribution in [0, 0.1) is 5.92 Å². The fraction of sp³-hybridized carbons (Fsp3) is 0.778. The second-order valence-corrected chi connectivity index (χ2v) is 3.68. The van der Waals surface area contributed by atoms with Crippen LogP contribution in [-0.4, -0.2) is 10.7 Å². The second-order valence-electron chi connectivity index (χ2n) is 3.68. The van der Waals surface area contributed by atoms with Gasteiger partial charge < -0.3 is 5.11 Å². The first kappa shape index (κ1) is 7.80. The van der Waals surface area contributed by atoms with Crippen LogP contribution in [0.15, 0.2) is 12.2 Å². The maximum Gasteiger partial charge on any atom is 0.0710 e. The molecule has 0 aliphatic heterocycles. The molecule has 0 radical (unpaired) electrons. The predicted octanol–water partition coefficient (Wildman–Crippen LogP) is 2.11. The molecule has 1 heteroatoms. The Morgan fingerprint density at radius 3 is 2.50 bits per heavy atom. The molecule has 2 unspecified atom stereocenters. The van der Waals surface area contributed by atoms with Gasteiger partial charge in [-0.05, 0) is 32.1 Å². The lowest BCUT2D eigenvalue weighted by atomic mass is 9.68. The third kappa shape index (κ3) is 1.24. The molecule has 0 saturated heterocycles. The van der Waals surface area contributed by atoms with Gasteiger partial charge in [-0.2, -0.15) is 0 Å². The molecule has 2 atom stereocenters. The Morgan fingerprint density at radius 2 is 2.40 bits per heavy atom. The highest BCUT2D eigenvalue weighted by molar-refractivity contribution is 5.04. The van der Waals surface area contributed by atoms with Crippen molar-refractivity contribution < 1.29 is 5.11 Å². The summed E-state index contributed by atoms with van der Waals surface area (Å²) in [6.45, 7) is 7.88. The van der Waals surface area contributed by atoms with Crippen molar-refractivity contribution in [3.8, 4) is 0 Å². The van der Waals surface area contributed by atoms with Crippen LogP contribution < -0.4 is 0 Å². The molecule has 1 fully saturated rings. The highest BCUT2D eigenvalue weighted by Gasteiger charge is 2.41. The zero-order chi connectivity index (χ0) is 7.78. The average Bonchev–Trinajstić information content (AvgIpc) is 1.84. The topological polar surface area (TPSA) is 20.2 Å². The maximum absolute atomic E-state index is 9.79. The van der Waals surface area contributed by atoms with Crippen molar-refractivity contribution in [2.24, 2.45) is 5.92 Å². The normalized spacial score (nSPS) is 38.9. The van der Waals surface area contributed by atoms with Crippen molar-refractivity contribution in [2.45, 2.75) is 38.7 Å². The molecule has 1 aliphatic rings. The van der Waals surface area contributed by atoms with Crippen LogP contribution in [0.4, 0.5) is 0 Å². The molecule has 0 amide bonds. The maximum atomic E-state index is 9.79. The Balaban J connectivity index is 2.45. The second kappa shape index (κ2) is 2.39. The predicted molar refractivity (Wildman–Crippen MR) is 42.8 cm³/mol. The van der Waals surface area contributed by atoms with Crippen LogP contribution >= 0.6 is 0 Å². The third-order valence-corrected chi connectivity index (χ3v) is 2.54. The van der Waals surface area contributed by atoms with Crippen LogP contribution in [-0.2, 0) is 0 Å². The number of hydrogen-bond acceptors (Lipinski definition) is 1. The van der Waals surface area contributed by atoms with Gasteiger partial charge in [-0.25, -0.2) is 0 Å². The van der Waals surface area contributed by atoms with Crippen molar-refractivity contribution in [1.82, 2.24) is 0 Å². The summed E-state index contributed by atoms with van der Waals surface area (Å²) in [5, 5.41) is 9.79. The largest absolute Gasteiger partial charge is 0.389 e. The van der Waals surface area contributed by atoms with Crippen LogP contribution in [0.5, 0.6) is 0 Å². The Bertz CT molecular complexity index is 151. The molecule has 0 aromatic carbocycles. The summed E-state index contributed by atoms with van der Waals surface area (Å²) in [4.78, 5) is 0. The number of rotatable bonds is 2. The van der Waals surface area contributed by atoms with E-state index in [1.54, 1.807) is 0 Å². The van der Waals surface area contributed by atoms with E-state index >= 15 is 0 Å². The summed E-state index contributed by atoms with van der Waals surface area (Å²) < 4.78 is 0. The van der Waals surface area contributed by atoms with E-state index in [2.05, 4.69) is 13.5 Å². The lowest BCUT2D eigenvalue weighted by molar-refractivity contribution is -0.0849. The van der Waals surface area contributed by atoms with Gasteiger partial charge >= 0.3 is 0 Å². The van der Waals surface area contributed by atoms with Gasteiger partial charge in [0.15, 0.2) is 0 Å². The van der Waals surface area contributed by atoms with Crippen LogP contribution in [0.2, 0.25) is 0 Å². The summed E-state index contributed by atoms with van der Waals surface area (Å²) in [5.41, 5.74) is 0.695. The van der Waals surface area contributed by atoms with Crippen LogP contribution in [0.3, 0.4) is 0 Å². The Labute approximate surface area is 62.8 Å². The van der Waals surface area contributed by atoms with E-state index in [0.29, 0.717) is 5.92 Å². The zero-order valence-electron chi connectivity index (χ0n) is 6.85. The SMILES string of the molecule is C=C(C)CC1(O)CCC1C. The van der Waals surface area contributed by atoms with E-state index in [0.717, 1.165) is 18.4 Å². The lowest BCUT2D eigenvalue weighted by Crippen LogP contribution is -2.45. The Kier molecular flexibility index (Phi) is 1.86. The molecule has 10 heavy (non-hydrogen) atoms. The van der Waals surface area contributed by atoms with Gasteiger partial charge in [0.05, 0.1) is 5.60 Å². The molecule has 0 aromatic rings. The Hall–Kier alpha value is -0.300. The van der Waals surface area contributed by atoms with Crippen LogP contribution in [0.1, 0.15) is 33.1 Å². The average molecular weight is 140 g/mol. The fourth-order valence-electron chi connectivity index (χ4n) is 1.55. The summed E-state index contributed by atoms with van der Waals surface area (Å²) in [6.07, 6.45) is 2.92. The molecule has 58 valence electrons. The molecule has 0 aromatic heterocycles. The monoisotopic (exact) mass is 140 g/mol. The third-order valence-electron chi connectivity index (χ3n) is 2.54. The van der Waals surface area contributed by atoms with Crippen molar-refractivity contribution in [3.63, 3.8) is 0 Å². The van der Waals surface area contributed by atoms with Gasteiger partial charge in [0.2, 0.25) is 0 Å². The lowest BCUT2D eigenvalue weighted by Gasteiger charge is -2.44. The fourth-order valence-corrected chi connectivity index (χ4v) is 1.55. The first-order valence-electron chi connectivity index (χ1n) is 3.91. The summed E-state index contributed by atoms with van der Waals surface area (Å²) in [7, 11) is 0. The van der Waals surface area contributed by atoms with E-state index in [1.165, 1.54) is 6.42 Å². The highest BCUT2D eigenvalue weighted by Crippen LogP contribution is 2.41. The highest BCUT2D eigenvalue weighted by atomic mass is 16.3. The minimum absolute atomic E-state index is 0.397. The minimum atomic E-state index is -0.397. The molecule has 0 heterocycles. The van der Waals surface area contributed by atoms with E-state index in [1.807, 2.05) is 6.92 Å². The van der Waals surface area contributed by atoms with Crippen molar-refractivity contribution in [2.75, 3.05) is 0 Å². The van der Waals surface area contributed by atoms with Gasteiger partial charge in [0.1, 0.15) is 0 Å². The van der Waals surface area contributed by atoms with Crippen molar-refractivity contribution >= 4 is 0 Å². The Morgan fingerprint density at radius 1 is 1.80 bits per heavy atom. The van der Waals surface area contributed by atoms with E-state index in [4.69, 9.17) is 0 Å². The van der Waals surface area contributed by atoms with E-state index in [-0.39, 0.29) is 0 Å². The van der Waals surface area contributed by atoms with Gasteiger partial charge in [0.25, 0.3) is 0 Å².